The van der Waals surface area contributed by atoms with Crippen LogP contribution in [0.5, 0.6) is 0 Å². The number of nitrogens with one attached hydrogen (secondary N) is 1. The van der Waals surface area contributed by atoms with Crippen molar-refractivity contribution in [1.82, 2.24) is 4.90 Å². The predicted octanol–water partition coefficient (Wildman–Crippen LogP) is 4.35. The molecule has 2 heterocycles. The van der Waals surface area contributed by atoms with Crippen molar-refractivity contribution in [3.8, 4) is 0 Å². The number of rotatable bonds is 2. The van der Waals surface area contributed by atoms with Crippen LogP contribution in [0.1, 0.15) is 57.5 Å². The molecule has 0 radical (unpaired) electrons. The summed E-state index contributed by atoms with van der Waals surface area (Å²) >= 11 is 0. The maximum atomic E-state index is 13.0. The zero-order valence-corrected chi connectivity index (χ0v) is 16.8. The Morgan fingerprint density at radius 1 is 1.04 bits per heavy atom. The lowest BCUT2D eigenvalue weighted by Crippen LogP contribution is -2.53. The number of aryl methyl sites for hydroxylation is 2. The van der Waals surface area contributed by atoms with Crippen LogP contribution in [0.25, 0.3) is 0 Å². The molecule has 2 aliphatic heterocycles. The normalized spacial score (nSPS) is 19.0. The molecular formula is C23H27N3O2. The van der Waals surface area contributed by atoms with Crippen LogP contribution in [-0.2, 0) is 0 Å². The molecule has 5 nitrogen and oxygen atoms in total. The quantitative estimate of drug-likeness (QED) is 0.847. The molecule has 1 atom stereocenters. The number of carbonyl (C=O) groups excluding carboxylic acids is 2. The van der Waals surface area contributed by atoms with Gasteiger partial charge in [-0.25, -0.2) is 0 Å². The molecule has 2 aliphatic rings. The van der Waals surface area contributed by atoms with Crippen LogP contribution in [0.3, 0.4) is 0 Å². The van der Waals surface area contributed by atoms with E-state index in [2.05, 4.69) is 10.2 Å². The number of carbonyl (C=O) groups is 2. The molecule has 2 aromatic carbocycles. The summed E-state index contributed by atoms with van der Waals surface area (Å²) in [5, 5.41) is 2.97. The van der Waals surface area contributed by atoms with Crippen LogP contribution in [-0.4, -0.2) is 36.5 Å². The van der Waals surface area contributed by atoms with E-state index in [9.17, 15) is 9.59 Å². The fourth-order valence-electron chi connectivity index (χ4n) is 4.21. The zero-order chi connectivity index (χ0) is 19.8. The highest BCUT2D eigenvalue weighted by molar-refractivity contribution is 6.08. The molecule has 0 bridgehead atoms. The van der Waals surface area contributed by atoms with E-state index in [4.69, 9.17) is 0 Å². The van der Waals surface area contributed by atoms with E-state index in [1.807, 2.05) is 50.1 Å². The highest BCUT2D eigenvalue weighted by atomic mass is 16.2. The van der Waals surface area contributed by atoms with Crippen LogP contribution in [0.4, 0.5) is 11.4 Å². The summed E-state index contributed by atoms with van der Waals surface area (Å²) in [4.78, 5) is 29.9. The molecule has 1 saturated heterocycles. The van der Waals surface area contributed by atoms with E-state index >= 15 is 0 Å². The number of fused-ring (bicyclic) bond motifs is 2. The zero-order valence-electron chi connectivity index (χ0n) is 16.8. The summed E-state index contributed by atoms with van der Waals surface area (Å²) in [6, 6.07) is 11.3. The van der Waals surface area contributed by atoms with Crippen LogP contribution in [0.15, 0.2) is 36.4 Å². The number of amides is 2. The number of hydrogen-bond acceptors (Lipinski definition) is 3. The lowest BCUT2D eigenvalue weighted by Gasteiger charge is -2.43. The van der Waals surface area contributed by atoms with Crippen LogP contribution >= 0.6 is 0 Å². The molecular weight excluding hydrogens is 350 g/mol. The molecule has 2 amide bonds. The second-order valence-electron chi connectivity index (χ2n) is 7.92. The predicted molar refractivity (Wildman–Crippen MR) is 112 cm³/mol. The average Bonchev–Trinajstić information content (AvgIpc) is 2.95. The Morgan fingerprint density at radius 2 is 1.86 bits per heavy atom. The first-order chi connectivity index (χ1) is 13.5. The second kappa shape index (κ2) is 7.30. The minimum atomic E-state index is -0.157. The number of hydrogen-bond donors (Lipinski definition) is 1. The third-order valence-electron chi connectivity index (χ3n) is 6.06. The Balaban J connectivity index is 1.62. The van der Waals surface area contributed by atoms with E-state index in [1.54, 1.807) is 12.1 Å². The summed E-state index contributed by atoms with van der Waals surface area (Å²) in [6.07, 6.45) is 4.40. The van der Waals surface area contributed by atoms with Crippen molar-refractivity contribution >= 4 is 23.2 Å². The van der Waals surface area contributed by atoms with Crippen molar-refractivity contribution in [3.05, 3.63) is 58.7 Å². The van der Waals surface area contributed by atoms with Gasteiger partial charge in [0.25, 0.3) is 11.8 Å². The topological polar surface area (TPSA) is 52.7 Å². The van der Waals surface area contributed by atoms with Crippen molar-refractivity contribution in [2.75, 3.05) is 23.8 Å². The van der Waals surface area contributed by atoms with Gasteiger partial charge in [0.05, 0.1) is 11.3 Å². The summed E-state index contributed by atoms with van der Waals surface area (Å²) in [5.74, 6) is -0.0729. The lowest BCUT2D eigenvalue weighted by molar-refractivity contribution is 0.0661. The van der Waals surface area contributed by atoms with E-state index < -0.39 is 0 Å². The summed E-state index contributed by atoms with van der Waals surface area (Å²) in [5.41, 5.74) is 5.22. The van der Waals surface area contributed by atoms with Gasteiger partial charge >= 0.3 is 0 Å². The Morgan fingerprint density at radius 3 is 2.64 bits per heavy atom. The van der Waals surface area contributed by atoms with Crippen LogP contribution in [0, 0.1) is 13.8 Å². The fraction of sp³-hybridized carbons (Fsp3) is 0.391. The molecule has 1 N–H and O–H groups in total. The van der Waals surface area contributed by atoms with Crippen LogP contribution in [0.2, 0.25) is 0 Å². The third-order valence-corrected chi connectivity index (χ3v) is 6.06. The van der Waals surface area contributed by atoms with Gasteiger partial charge in [0.1, 0.15) is 6.17 Å². The largest absolute Gasteiger partial charge is 0.354 e. The van der Waals surface area contributed by atoms with Crippen LogP contribution < -0.4 is 10.2 Å². The Hall–Kier alpha value is -2.82. The highest BCUT2D eigenvalue weighted by Crippen LogP contribution is 2.34. The number of anilines is 2. The fourth-order valence-corrected chi connectivity index (χ4v) is 4.21. The van der Waals surface area contributed by atoms with E-state index in [1.165, 1.54) is 5.56 Å². The standard InChI is InChI=1S/C23H27N3O2/c1-15-8-10-18(13-16(15)2)24-22(27)17-9-11-19-20(14-17)25(3)21-7-5-4-6-12-26(21)23(19)28/h8-11,13-14,21H,4-7,12H2,1-3H3,(H,24,27)/t21-/m1/s1. The molecule has 1 fully saturated rings. The van der Waals surface area contributed by atoms with Crippen molar-refractivity contribution in [2.24, 2.45) is 0 Å². The molecule has 0 aromatic heterocycles. The minimum absolute atomic E-state index is 0.0839. The molecule has 2 aromatic rings. The molecule has 0 spiro atoms. The smallest absolute Gasteiger partial charge is 0.257 e. The summed E-state index contributed by atoms with van der Waals surface area (Å²) in [7, 11) is 2.03. The lowest BCUT2D eigenvalue weighted by atomic mass is 10.0. The van der Waals surface area contributed by atoms with Gasteiger partial charge in [-0.2, -0.15) is 0 Å². The number of nitrogens with zero attached hydrogens (tertiary/aromatic N) is 2. The third kappa shape index (κ3) is 3.26. The monoisotopic (exact) mass is 377 g/mol. The maximum Gasteiger partial charge on any atom is 0.257 e. The first-order valence-electron chi connectivity index (χ1n) is 10.0. The first-order valence-corrected chi connectivity index (χ1v) is 10.0. The van der Waals surface area contributed by atoms with Gasteiger partial charge in [-0.15, -0.1) is 0 Å². The Bertz CT molecular complexity index is 937. The van der Waals surface area contributed by atoms with Crippen molar-refractivity contribution < 1.29 is 9.59 Å². The molecule has 0 saturated carbocycles. The highest BCUT2D eigenvalue weighted by Gasteiger charge is 2.36. The van der Waals surface area contributed by atoms with Gasteiger partial charge in [-0.1, -0.05) is 12.5 Å². The van der Waals surface area contributed by atoms with Gasteiger partial charge in [0.2, 0.25) is 0 Å². The van der Waals surface area contributed by atoms with Gasteiger partial charge < -0.3 is 15.1 Å². The first kappa shape index (κ1) is 18.5. The molecule has 4 rings (SSSR count). The second-order valence-corrected chi connectivity index (χ2v) is 7.92. The van der Waals surface area contributed by atoms with Gasteiger partial charge in [0, 0.05) is 24.8 Å². The SMILES string of the molecule is Cc1ccc(NC(=O)c2ccc3c(c2)N(C)[C@H]2CCCCCN2C3=O)cc1C. The minimum Gasteiger partial charge on any atom is -0.354 e. The molecule has 5 heteroatoms. The average molecular weight is 377 g/mol. The van der Waals surface area contributed by atoms with Gasteiger partial charge in [-0.3, -0.25) is 9.59 Å². The van der Waals surface area contributed by atoms with E-state index in [0.29, 0.717) is 11.1 Å². The van der Waals surface area contributed by atoms with Crippen molar-refractivity contribution in [1.29, 1.82) is 0 Å². The van der Waals surface area contributed by atoms with E-state index in [0.717, 1.165) is 49.2 Å². The Kier molecular flexibility index (Phi) is 4.84. The Labute approximate surface area is 166 Å². The maximum absolute atomic E-state index is 13.0. The molecule has 146 valence electrons. The molecule has 28 heavy (non-hydrogen) atoms. The molecule has 0 aliphatic carbocycles. The molecule has 0 unspecified atom stereocenters. The number of benzene rings is 2. The summed E-state index contributed by atoms with van der Waals surface area (Å²) < 4.78 is 0. The van der Waals surface area contributed by atoms with Crippen molar-refractivity contribution in [3.63, 3.8) is 0 Å². The summed E-state index contributed by atoms with van der Waals surface area (Å²) in [6.45, 7) is 4.89. The van der Waals surface area contributed by atoms with Gasteiger partial charge in [0.15, 0.2) is 0 Å². The van der Waals surface area contributed by atoms with Crippen molar-refractivity contribution in [2.45, 2.75) is 45.7 Å². The van der Waals surface area contributed by atoms with E-state index in [-0.39, 0.29) is 18.0 Å². The van der Waals surface area contributed by atoms with Gasteiger partial charge in [-0.05, 0) is 74.6 Å².